The molecule has 0 saturated carbocycles. The van der Waals surface area contributed by atoms with Crippen molar-refractivity contribution in [1.82, 2.24) is 15.1 Å². The van der Waals surface area contributed by atoms with Gasteiger partial charge in [-0.25, -0.2) is 4.79 Å². The number of amides is 2. The fraction of sp³-hybridized carbons (Fsp3) is 0.867. The van der Waals surface area contributed by atoms with E-state index in [9.17, 15) is 9.59 Å². The second-order valence-electron chi connectivity index (χ2n) is 6.23. The molecule has 0 aromatic carbocycles. The van der Waals surface area contributed by atoms with Crippen molar-refractivity contribution in [2.24, 2.45) is 5.92 Å². The van der Waals surface area contributed by atoms with Gasteiger partial charge in [-0.15, -0.1) is 0 Å². The maximum atomic E-state index is 12.1. The van der Waals surface area contributed by atoms with Gasteiger partial charge in [-0.1, -0.05) is 6.92 Å². The Labute approximate surface area is 127 Å². The van der Waals surface area contributed by atoms with E-state index in [-0.39, 0.29) is 18.5 Å². The standard InChI is InChI=1S/C15H29N3O3/c1-12(6-7-14(19)20)8-9-16-15(21)18(3)13-5-4-10-17(2)11-13/h12-13H,4-11H2,1-3H3,(H,16,21)(H,19,20). The number of hydrogen-bond acceptors (Lipinski definition) is 3. The molecule has 2 atom stereocenters. The zero-order valence-electron chi connectivity index (χ0n) is 13.5. The minimum atomic E-state index is -0.757. The summed E-state index contributed by atoms with van der Waals surface area (Å²) >= 11 is 0. The molecule has 2 N–H and O–H groups in total. The minimum Gasteiger partial charge on any atom is -0.481 e. The van der Waals surface area contributed by atoms with Crippen LogP contribution in [0, 0.1) is 5.92 Å². The SMILES string of the molecule is CC(CCNC(=O)N(C)C1CCCN(C)C1)CCC(=O)O. The topological polar surface area (TPSA) is 72.9 Å². The van der Waals surface area contributed by atoms with Crippen LogP contribution in [0.4, 0.5) is 4.79 Å². The Kier molecular flexibility index (Phi) is 7.50. The maximum absolute atomic E-state index is 12.1. The lowest BCUT2D eigenvalue weighted by molar-refractivity contribution is -0.137. The lowest BCUT2D eigenvalue weighted by Gasteiger charge is -2.35. The zero-order chi connectivity index (χ0) is 15.8. The summed E-state index contributed by atoms with van der Waals surface area (Å²) < 4.78 is 0. The highest BCUT2D eigenvalue weighted by molar-refractivity contribution is 5.74. The molecule has 1 rings (SSSR count). The number of urea groups is 1. The number of aliphatic carboxylic acids is 1. The highest BCUT2D eigenvalue weighted by atomic mass is 16.4. The van der Waals surface area contributed by atoms with Crippen LogP contribution in [0.15, 0.2) is 0 Å². The van der Waals surface area contributed by atoms with Crippen molar-refractivity contribution in [1.29, 1.82) is 0 Å². The van der Waals surface area contributed by atoms with Crippen molar-refractivity contribution in [2.75, 3.05) is 33.7 Å². The van der Waals surface area contributed by atoms with E-state index in [4.69, 9.17) is 5.11 Å². The Bertz CT molecular complexity index is 349. The number of carbonyl (C=O) groups is 2. The summed E-state index contributed by atoms with van der Waals surface area (Å²) in [4.78, 5) is 26.7. The fourth-order valence-corrected chi connectivity index (χ4v) is 2.69. The van der Waals surface area contributed by atoms with E-state index < -0.39 is 5.97 Å². The van der Waals surface area contributed by atoms with Crippen LogP contribution < -0.4 is 5.32 Å². The average molecular weight is 299 g/mol. The third-order valence-electron chi connectivity index (χ3n) is 4.23. The van der Waals surface area contributed by atoms with Crippen LogP contribution in [0.1, 0.15) is 39.0 Å². The molecule has 2 unspecified atom stereocenters. The summed E-state index contributed by atoms with van der Waals surface area (Å²) in [5.41, 5.74) is 0. The van der Waals surface area contributed by atoms with Crippen LogP contribution >= 0.6 is 0 Å². The molecule has 0 bridgehead atoms. The van der Waals surface area contributed by atoms with E-state index in [1.165, 1.54) is 0 Å². The zero-order valence-corrected chi connectivity index (χ0v) is 13.5. The number of likely N-dealkylation sites (tertiary alicyclic amines) is 1. The number of nitrogens with zero attached hydrogens (tertiary/aromatic N) is 2. The van der Waals surface area contributed by atoms with Gasteiger partial charge in [0.05, 0.1) is 0 Å². The van der Waals surface area contributed by atoms with Gasteiger partial charge in [-0.3, -0.25) is 4.79 Å². The molecule has 1 saturated heterocycles. The summed E-state index contributed by atoms with van der Waals surface area (Å²) in [6, 6.07) is 0.258. The molecule has 1 fully saturated rings. The first-order valence-electron chi connectivity index (χ1n) is 7.81. The normalized spacial score (nSPS) is 20.8. The van der Waals surface area contributed by atoms with Crippen LogP contribution in [0.25, 0.3) is 0 Å². The average Bonchev–Trinajstić information content (AvgIpc) is 2.44. The van der Waals surface area contributed by atoms with E-state index in [2.05, 4.69) is 17.3 Å². The second kappa shape index (κ2) is 8.87. The Morgan fingerprint density at radius 1 is 1.43 bits per heavy atom. The van der Waals surface area contributed by atoms with Crippen LogP contribution in [-0.2, 0) is 4.79 Å². The van der Waals surface area contributed by atoms with E-state index in [0.717, 1.165) is 32.4 Å². The number of hydrogen-bond donors (Lipinski definition) is 2. The molecule has 2 amide bonds. The van der Waals surface area contributed by atoms with Gasteiger partial charge in [0.2, 0.25) is 0 Å². The van der Waals surface area contributed by atoms with E-state index in [1.807, 2.05) is 14.0 Å². The smallest absolute Gasteiger partial charge is 0.317 e. The molecule has 122 valence electrons. The number of carboxylic acids is 1. The predicted octanol–water partition coefficient (Wildman–Crippen LogP) is 1.61. The van der Waals surface area contributed by atoms with Gasteiger partial charge in [0, 0.05) is 32.6 Å². The highest BCUT2D eigenvalue weighted by Gasteiger charge is 2.24. The van der Waals surface area contributed by atoms with E-state index >= 15 is 0 Å². The number of nitrogens with one attached hydrogen (secondary N) is 1. The summed E-state index contributed by atoms with van der Waals surface area (Å²) in [6.45, 7) is 4.66. The monoisotopic (exact) mass is 299 g/mol. The van der Waals surface area contributed by atoms with Crippen molar-refractivity contribution in [2.45, 2.75) is 45.1 Å². The van der Waals surface area contributed by atoms with Gasteiger partial charge in [-0.2, -0.15) is 0 Å². The maximum Gasteiger partial charge on any atom is 0.317 e. The molecule has 0 aromatic rings. The number of likely N-dealkylation sites (N-methyl/N-ethyl adjacent to an activating group) is 2. The second-order valence-corrected chi connectivity index (χ2v) is 6.23. The van der Waals surface area contributed by atoms with Gasteiger partial charge >= 0.3 is 12.0 Å². The molecular formula is C15H29N3O3. The van der Waals surface area contributed by atoms with Crippen LogP contribution in [0.2, 0.25) is 0 Å². The Balaban J connectivity index is 2.21. The highest BCUT2D eigenvalue weighted by Crippen LogP contribution is 2.13. The van der Waals surface area contributed by atoms with Gasteiger partial charge in [0.1, 0.15) is 0 Å². The number of piperidine rings is 1. The molecule has 1 aliphatic rings. The van der Waals surface area contributed by atoms with Crippen molar-refractivity contribution in [3.8, 4) is 0 Å². The number of rotatable bonds is 7. The van der Waals surface area contributed by atoms with Crippen molar-refractivity contribution < 1.29 is 14.7 Å². The van der Waals surface area contributed by atoms with Gasteiger partial charge < -0.3 is 20.2 Å². The van der Waals surface area contributed by atoms with Gasteiger partial charge in [0.15, 0.2) is 0 Å². The Morgan fingerprint density at radius 2 is 2.14 bits per heavy atom. The molecule has 0 spiro atoms. The predicted molar refractivity (Wildman–Crippen MR) is 82.3 cm³/mol. The largest absolute Gasteiger partial charge is 0.481 e. The molecule has 1 heterocycles. The summed E-state index contributed by atoms with van der Waals surface area (Å²) in [5.74, 6) is -0.445. The Hall–Kier alpha value is -1.30. The molecule has 0 radical (unpaired) electrons. The Morgan fingerprint density at radius 3 is 2.76 bits per heavy atom. The molecule has 6 nitrogen and oxygen atoms in total. The quantitative estimate of drug-likeness (QED) is 0.749. The number of carboxylic acid groups (broad SMARTS) is 1. The van der Waals surface area contributed by atoms with Gasteiger partial charge in [-0.05, 0) is 45.2 Å². The minimum absolute atomic E-state index is 0.0271. The first-order chi connectivity index (χ1) is 9.90. The third kappa shape index (κ3) is 6.80. The van der Waals surface area contributed by atoms with Crippen LogP contribution in [-0.4, -0.2) is 66.7 Å². The van der Waals surface area contributed by atoms with Gasteiger partial charge in [0.25, 0.3) is 0 Å². The number of carbonyl (C=O) groups excluding carboxylic acids is 1. The first kappa shape index (κ1) is 17.8. The molecular weight excluding hydrogens is 270 g/mol. The third-order valence-corrected chi connectivity index (χ3v) is 4.23. The molecule has 6 heteroatoms. The lowest BCUT2D eigenvalue weighted by atomic mass is 10.0. The van der Waals surface area contributed by atoms with Crippen molar-refractivity contribution >= 4 is 12.0 Å². The fourth-order valence-electron chi connectivity index (χ4n) is 2.69. The van der Waals surface area contributed by atoms with Crippen LogP contribution in [0.5, 0.6) is 0 Å². The summed E-state index contributed by atoms with van der Waals surface area (Å²) in [6.07, 6.45) is 3.86. The van der Waals surface area contributed by atoms with E-state index in [0.29, 0.717) is 18.9 Å². The molecule has 0 aromatic heterocycles. The van der Waals surface area contributed by atoms with Crippen molar-refractivity contribution in [3.63, 3.8) is 0 Å². The molecule has 1 aliphatic heterocycles. The van der Waals surface area contributed by atoms with Crippen LogP contribution in [0.3, 0.4) is 0 Å². The first-order valence-corrected chi connectivity index (χ1v) is 7.81. The summed E-state index contributed by atoms with van der Waals surface area (Å²) in [7, 11) is 3.94. The van der Waals surface area contributed by atoms with E-state index in [1.54, 1.807) is 4.90 Å². The molecule has 21 heavy (non-hydrogen) atoms. The molecule has 0 aliphatic carbocycles. The van der Waals surface area contributed by atoms with Crippen molar-refractivity contribution in [3.05, 3.63) is 0 Å². The summed E-state index contributed by atoms with van der Waals surface area (Å²) in [5, 5.41) is 11.6. The lowest BCUT2D eigenvalue weighted by Crippen LogP contribution is -2.50.